The number of sulfonamides is 1. The highest BCUT2D eigenvalue weighted by Crippen LogP contribution is 2.26. The molecule has 0 aliphatic heterocycles. The molecular formula is C30H36ClN3O4S. The van der Waals surface area contributed by atoms with Gasteiger partial charge in [0, 0.05) is 24.0 Å². The second kappa shape index (κ2) is 13.1. The maximum Gasteiger partial charge on any atom is 0.244 e. The van der Waals surface area contributed by atoms with E-state index in [-0.39, 0.29) is 24.9 Å². The van der Waals surface area contributed by atoms with Crippen LogP contribution in [0.4, 0.5) is 5.69 Å². The molecule has 0 fully saturated rings. The van der Waals surface area contributed by atoms with E-state index in [0.29, 0.717) is 16.3 Å². The van der Waals surface area contributed by atoms with Crippen LogP contribution in [-0.2, 0) is 32.6 Å². The number of rotatable bonds is 11. The summed E-state index contributed by atoms with van der Waals surface area (Å²) >= 11 is 6.47. The second-order valence-electron chi connectivity index (χ2n) is 9.97. The van der Waals surface area contributed by atoms with E-state index in [4.69, 9.17) is 11.6 Å². The number of nitrogens with zero attached hydrogens (tertiary/aromatic N) is 2. The smallest absolute Gasteiger partial charge is 0.244 e. The molecule has 0 spiro atoms. The zero-order valence-electron chi connectivity index (χ0n) is 23.0. The summed E-state index contributed by atoms with van der Waals surface area (Å²) in [4.78, 5) is 29.1. The molecular weight excluding hydrogens is 534 g/mol. The number of nitrogens with one attached hydrogen (secondary N) is 1. The lowest BCUT2D eigenvalue weighted by atomic mass is 10.0. The lowest BCUT2D eigenvalue weighted by Crippen LogP contribution is -2.54. The summed E-state index contributed by atoms with van der Waals surface area (Å²) in [5, 5.41) is 3.38. The Bertz CT molecular complexity index is 1410. The van der Waals surface area contributed by atoms with Gasteiger partial charge in [-0.2, -0.15) is 0 Å². The topological polar surface area (TPSA) is 86.8 Å². The number of aryl methyl sites for hydroxylation is 1. The van der Waals surface area contributed by atoms with E-state index >= 15 is 0 Å². The van der Waals surface area contributed by atoms with Crippen LogP contribution in [0.5, 0.6) is 0 Å². The zero-order valence-corrected chi connectivity index (χ0v) is 24.6. The molecule has 0 aromatic heterocycles. The van der Waals surface area contributed by atoms with Crippen molar-refractivity contribution in [1.82, 2.24) is 10.2 Å². The first-order chi connectivity index (χ1) is 18.4. The third-order valence-electron chi connectivity index (χ3n) is 6.52. The normalized spacial score (nSPS) is 12.2. The molecule has 0 saturated carbocycles. The average molecular weight is 570 g/mol. The Labute approximate surface area is 236 Å². The Morgan fingerprint density at radius 1 is 0.923 bits per heavy atom. The number of benzene rings is 3. The predicted molar refractivity (Wildman–Crippen MR) is 157 cm³/mol. The molecule has 1 atom stereocenters. The van der Waals surface area contributed by atoms with Gasteiger partial charge >= 0.3 is 0 Å². The number of hydrogen-bond donors (Lipinski definition) is 1. The van der Waals surface area contributed by atoms with Gasteiger partial charge in [-0.05, 0) is 62.1 Å². The number of hydrogen-bond acceptors (Lipinski definition) is 4. The van der Waals surface area contributed by atoms with Crippen LogP contribution in [0.25, 0.3) is 0 Å². The Hall–Kier alpha value is -3.36. The van der Waals surface area contributed by atoms with Crippen LogP contribution in [0.1, 0.15) is 36.1 Å². The summed E-state index contributed by atoms with van der Waals surface area (Å²) in [6.07, 6.45) is 1.32. The number of anilines is 1. The molecule has 7 nitrogen and oxygen atoms in total. The van der Waals surface area contributed by atoms with E-state index in [1.165, 1.54) is 4.90 Å². The molecule has 0 aliphatic carbocycles. The van der Waals surface area contributed by atoms with Crippen LogP contribution < -0.4 is 9.62 Å². The first kappa shape index (κ1) is 30.2. The van der Waals surface area contributed by atoms with Crippen molar-refractivity contribution in [2.45, 2.75) is 52.7 Å². The molecule has 0 heterocycles. The van der Waals surface area contributed by atoms with Crippen molar-refractivity contribution < 1.29 is 18.0 Å². The summed E-state index contributed by atoms with van der Waals surface area (Å²) in [5.74, 6) is -0.840. The van der Waals surface area contributed by atoms with Crippen LogP contribution in [0.3, 0.4) is 0 Å². The third kappa shape index (κ3) is 8.07. The second-order valence-corrected chi connectivity index (χ2v) is 12.3. The van der Waals surface area contributed by atoms with Crippen molar-refractivity contribution in [1.29, 1.82) is 0 Å². The molecule has 9 heteroatoms. The standard InChI is InChI=1S/C30H36ClN3O4S/c1-21(2)32-30(36)28(18-24-13-7-6-8-14-24)33(19-25-15-9-10-16-26(25)31)29(35)20-34(39(5,37)38)27-17-11-12-22(3)23(27)4/h6-17,21,28H,18-20H2,1-5H3,(H,32,36)/t28-/m1/s1. The molecule has 0 radical (unpaired) electrons. The number of carbonyl (C=O) groups excluding carboxylic acids is 2. The molecule has 0 bridgehead atoms. The van der Waals surface area contributed by atoms with Crippen LogP contribution in [0, 0.1) is 13.8 Å². The summed E-state index contributed by atoms with van der Waals surface area (Å²) in [7, 11) is -3.83. The lowest BCUT2D eigenvalue weighted by Gasteiger charge is -2.34. The van der Waals surface area contributed by atoms with Crippen LogP contribution in [0.15, 0.2) is 72.8 Å². The minimum absolute atomic E-state index is 0.0337. The molecule has 2 amide bonds. The fraction of sp³-hybridized carbons (Fsp3) is 0.333. The van der Waals surface area contributed by atoms with Gasteiger partial charge in [-0.3, -0.25) is 13.9 Å². The molecule has 39 heavy (non-hydrogen) atoms. The largest absolute Gasteiger partial charge is 0.352 e. The maximum absolute atomic E-state index is 14.1. The van der Waals surface area contributed by atoms with Gasteiger partial charge in [0.15, 0.2) is 0 Å². The number of carbonyl (C=O) groups is 2. The highest BCUT2D eigenvalue weighted by Gasteiger charge is 2.34. The van der Waals surface area contributed by atoms with Crippen molar-refractivity contribution in [3.8, 4) is 0 Å². The summed E-state index contributed by atoms with van der Waals surface area (Å²) < 4.78 is 27.0. The average Bonchev–Trinajstić information content (AvgIpc) is 2.87. The van der Waals surface area contributed by atoms with E-state index in [0.717, 1.165) is 27.3 Å². The van der Waals surface area contributed by atoms with E-state index in [9.17, 15) is 18.0 Å². The molecule has 3 aromatic rings. The molecule has 0 saturated heterocycles. The van der Waals surface area contributed by atoms with Gasteiger partial charge in [0.2, 0.25) is 21.8 Å². The Morgan fingerprint density at radius 2 is 1.56 bits per heavy atom. The van der Waals surface area contributed by atoms with Gasteiger partial charge in [0.25, 0.3) is 0 Å². The lowest BCUT2D eigenvalue weighted by molar-refractivity contribution is -0.140. The van der Waals surface area contributed by atoms with Crippen LogP contribution in [-0.4, -0.2) is 50.0 Å². The minimum Gasteiger partial charge on any atom is -0.352 e. The third-order valence-corrected chi connectivity index (χ3v) is 8.02. The van der Waals surface area contributed by atoms with Crippen molar-refractivity contribution in [3.63, 3.8) is 0 Å². The Kier molecular flexibility index (Phi) is 10.2. The van der Waals surface area contributed by atoms with Gasteiger partial charge in [-0.1, -0.05) is 72.3 Å². The maximum atomic E-state index is 14.1. The minimum atomic E-state index is -3.83. The molecule has 3 rings (SSSR count). The van der Waals surface area contributed by atoms with Gasteiger partial charge < -0.3 is 10.2 Å². The van der Waals surface area contributed by atoms with E-state index in [1.807, 2.05) is 70.2 Å². The Balaban J connectivity index is 2.09. The SMILES string of the molecule is Cc1cccc(N(CC(=O)N(Cc2ccccc2Cl)[C@H](Cc2ccccc2)C(=O)NC(C)C)S(C)(=O)=O)c1C. The quantitative estimate of drug-likeness (QED) is 0.356. The predicted octanol–water partition coefficient (Wildman–Crippen LogP) is 4.89. The summed E-state index contributed by atoms with van der Waals surface area (Å²) in [5.41, 5.74) is 3.61. The Morgan fingerprint density at radius 3 is 2.18 bits per heavy atom. The van der Waals surface area contributed by atoms with Crippen LogP contribution >= 0.6 is 11.6 Å². The van der Waals surface area contributed by atoms with E-state index in [1.54, 1.807) is 30.3 Å². The van der Waals surface area contributed by atoms with Gasteiger partial charge in [-0.15, -0.1) is 0 Å². The molecule has 208 valence electrons. The highest BCUT2D eigenvalue weighted by molar-refractivity contribution is 7.92. The molecule has 1 N–H and O–H groups in total. The van der Waals surface area contributed by atoms with Gasteiger partial charge in [0.05, 0.1) is 11.9 Å². The van der Waals surface area contributed by atoms with Gasteiger partial charge in [-0.25, -0.2) is 8.42 Å². The number of amides is 2. The van der Waals surface area contributed by atoms with Gasteiger partial charge in [0.1, 0.15) is 12.6 Å². The van der Waals surface area contributed by atoms with Crippen molar-refractivity contribution >= 4 is 39.1 Å². The van der Waals surface area contributed by atoms with E-state index < -0.39 is 28.5 Å². The highest BCUT2D eigenvalue weighted by atomic mass is 35.5. The monoisotopic (exact) mass is 569 g/mol. The van der Waals surface area contributed by atoms with E-state index in [2.05, 4.69) is 5.32 Å². The van der Waals surface area contributed by atoms with Crippen molar-refractivity contribution in [3.05, 3.63) is 100 Å². The summed E-state index contributed by atoms with van der Waals surface area (Å²) in [6, 6.07) is 20.8. The first-order valence-electron chi connectivity index (χ1n) is 12.8. The molecule has 3 aromatic carbocycles. The summed E-state index contributed by atoms with van der Waals surface area (Å²) in [6.45, 7) is 6.98. The fourth-order valence-corrected chi connectivity index (χ4v) is 5.44. The molecule has 0 unspecified atom stereocenters. The van der Waals surface area contributed by atoms with Crippen molar-refractivity contribution in [2.75, 3.05) is 17.1 Å². The fourth-order valence-electron chi connectivity index (χ4n) is 4.35. The van der Waals surface area contributed by atoms with Crippen molar-refractivity contribution in [2.24, 2.45) is 0 Å². The zero-order chi connectivity index (χ0) is 28.7. The number of halogens is 1. The first-order valence-corrected chi connectivity index (χ1v) is 15.0. The van der Waals surface area contributed by atoms with Crippen LogP contribution in [0.2, 0.25) is 5.02 Å². The molecule has 0 aliphatic rings.